The first kappa shape index (κ1) is 18.6. The van der Waals surface area contributed by atoms with Gasteiger partial charge in [-0.2, -0.15) is 4.31 Å². The summed E-state index contributed by atoms with van der Waals surface area (Å²) in [6, 6.07) is 0. The topological polar surface area (TPSA) is 58.6 Å². The van der Waals surface area contributed by atoms with Crippen LogP contribution >= 0.6 is 11.3 Å². The number of rotatable bonds is 9. The van der Waals surface area contributed by atoms with Gasteiger partial charge in [0.15, 0.2) is 0 Å². The molecule has 0 atom stereocenters. The fraction of sp³-hybridized carbons (Fsp3) is 0.714. The smallest absolute Gasteiger partial charge is 0.244 e. The van der Waals surface area contributed by atoms with Gasteiger partial charge in [-0.05, 0) is 30.8 Å². The van der Waals surface area contributed by atoms with E-state index in [0.29, 0.717) is 31.1 Å². The molecule has 1 aromatic heterocycles. The Balaban J connectivity index is 3.18. The Morgan fingerprint density at radius 1 is 1.43 bits per heavy atom. The summed E-state index contributed by atoms with van der Waals surface area (Å²) < 4.78 is 32.6. The number of nitrogens with one attached hydrogen (secondary N) is 1. The van der Waals surface area contributed by atoms with Crippen molar-refractivity contribution in [1.29, 1.82) is 0 Å². The zero-order chi connectivity index (χ0) is 16.0. The van der Waals surface area contributed by atoms with Crippen LogP contribution in [-0.4, -0.2) is 46.6 Å². The van der Waals surface area contributed by atoms with Crippen LogP contribution in [0, 0.1) is 12.8 Å². The zero-order valence-corrected chi connectivity index (χ0v) is 15.1. The fourth-order valence-corrected chi connectivity index (χ4v) is 5.52. The molecule has 1 N–H and O–H groups in total. The molecule has 0 aliphatic heterocycles. The molecule has 5 nitrogen and oxygen atoms in total. The summed E-state index contributed by atoms with van der Waals surface area (Å²) in [7, 11) is -0.0774. The predicted octanol–water partition coefficient (Wildman–Crippen LogP) is 2.07. The molecule has 1 aromatic rings. The molecule has 0 fully saturated rings. The SMILES string of the molecule is CNCc1scc(C)c1S(=O)(=O)N(CCOC)CC(C)C. The molecule has 0 saturated heterocycles. The van der Waals surface area contributed by atoms with Gasteiger partial charge in [-0.25, -0.2) is 8.42 Å². The quantitative estimate of drug-likeness (QED) is 0.751. The maximum atomic E-state index is 13.0. The number of hydrogen-bond donors (Lipinski definition) is 1. The average Bonchev–Trinajstić information content (AvgIpc) is 2.76. The van der Waals surface area contributed by atoms with E-state index >= 15 is 0 Å². The van der Waals surface area contributed by atoms with Crippen molar-refractivity contribution in [2.24, 2.45) is 5.92 Å². The number of ether oxygens (including phenoxy) is 1. The van der Waals surface area contributed by atoms with E-state index in [9.17, 15) is 8.42 Å². The van der Waals surface area contributed by atoms with Gasteiger partial charge in [0.2, 0.25) is 10.0 Å². The molecular weight excluding hydrogens is 308 g/mol. The number of nitrogens with zero attached hydrogens (tertiary/aromatic N) is 1. The molecular formula is C14H26N2O3S2. The van der Waals surface area contributed by atoms with Crippen LogP contribution in [0.5, 0.6) is 0 Å². The maximum absolute atomic E-state index is 13.0. The minimum absolute atomic E-state index is 0.267. The van der Waals surface area contributed by atoms with Gasteiger partial charge in [-0.3, -0.25) is 0 Å². The second-order valence-corrected chi connectivity index (χ2v) is 8.29. The van der Waals surface area contributed by atoms with E-state index in [-0.39, 0.29) is 5.92 Å². The fourth-order valence-electron chi connectivity index (χ4n) is 2.16. The van der Waals surface area contributed by atoms with E-state index in [4.69, 9.17) is 4.74 Å². The Morgan fingerprint density at radius 2 is 2.10 bits per heavy atom. The third kappa shape index (κ3) is 4.75. The van der Waals surface area contributed by atoms with Crippen molar-refractivity contribution in [2.45, 2.75) is 32.2 Å². The van der Waals surface area contributed by atoms with Crippen LogP contribution < -0.4 is 5.32 Å². The lowest BCUT2D eigenvalue weighted by molar-refractivity contribution is 0.175. The molecule has 0 bridgehead atoms. The number of hydrogen-bond acceptors (Lipinski definition) is 5. The van der Waals surface area contributed by atoms with Gasteiger partial charge in [0, 0.05) is 31.6 Å². The normalized spacial score (nSPS) is 12.5. The van der Waals surface area contributed by atoms with Crippen molar-refractivity contribution in [2.75, 3.05) is 33.9 Å². The molecule has 0 aromatic carbocycles. The van der Waals surface area contributed by atoms with E-state index in [0.717, 1.165) is 10.4 Å². The summed E-state index contributed by atoms with van der Waals surface area (Å²) in [6.45, 7) is 7.73. The van der Waals surface area contributed by atoms with Gasteiger partial charge in [-0.1, -0.05) is 13.8 Å². The Bertz CT molecular complexity index is 538. The first-order valence-electron chi connectivity index (χ1n) is 7.05. The first-order chi connectivity index (χ1) is 9.84. The lowest BCUT2D eigenvalue weighted by Gasteiger charge is -2.24. The second-order valence-electron chi connectivity index (χ2n) is 5.45. The highest BCUT2D eigenvalue weighted by Crippen LogP contribution is 2.29. The summed E-state index contributed by atoms with van der Waals surface area (Å²) in [5.41, 5.74) is 0.816. The standard InChI is InChI=1S/C14H26N2O3S2/c1-11(2)9-16(6-7-19-5)21(17,18)14-12(3)10-20-13(14)8-15-4/h10-11,15H,6-9H2,1-5H3. The maximum Gasteiger partial charge on any atom is 0.244 e. The van der Waals surface area contributed by atoms with Crippen LogP contribution in [0.4, 0.5) is 0 Å². The van der Waals surface area contributed by atoms with Gasteiger partial charge in [-0.15, -0.1) is 11.3 Å². The van der Waals surface area contributed by atoms with Crippen LogP contribution in [-0.2, 0) is 21.3 Å². The zero-order valence-electron chi connectivity index (χ0n) is 13.5. The third-order valence-electron chi connectivity index (χ3n) is 3.04. The molecule has 0 radical (unpaired) electrons. The molecule has 0 aliphatic rings. The molecule has 0 aliphatic carbocycles. The summed E-state index contributed by atoms with van der Waals surface area (Å²) in [6.07, 6.45) is 0. The Kier molecular flexibility index (Phi) is 7.29. The Labute approximate surface area is 132 Å². The predicted molar refractivity (Wildman–Crippen MR) is 87.3 cm³/mol. The van der Waals surface area contributed by atoms with Crippen molar-refractivity contribution < 1.29 is 13.2 Å². The van der Waals surface area contributed by atoms with Crippen LogP contribution in [0.25, 0.3) is 0 Å². The molecule has 0 spiro atoms. The lowest BCUT2D eigenvalue weighted by atomic mass is 10.2. The van der Waals surface area contributed by atoms with Crippen LogP contribution in [0.2, 0.25) is 0 Å². The molecule has 1 rings (SSSR count). The summed E-state index contributed by atoms with van der Waals surface area (Å²) in [5.74, 6) is 0.267. The van der Waals surface area contributed by atoms with E-state index in [1.807, 2.05) is 33.2 Å². The Hall–Kier alpha value is -0.470. The molecule has 1 heterocycles. The highest BCUT2D eigenvalue weighted by Gasteiger charge is 2.29. The minimum atomic E-state index is -3.48. The van der Waals surface area contributed by atoms with E-state index in [1.165, 1.54) is 15.6 Å². The van der Waals surface area contributed by atoms with Crippen LogP contribution in [0.15, 0.2) is 10.3 Å². The summed E-state index contributed by atoms with van der Waals surface area (Å²) >= 11 is 1.49. The van der Waals surface area contributed by atoms with Gasteiger partial charge in [0.1, 0.15) is 4.90 Å². The number of thiophene rings is 1. The van der Waals surface area contributed by atoms with Gasteiger partial charge < -0.3 is 10.1 Å². The second kappa shape index (κ2) is 8.24. The largest absolute Gasteiger partial charge is 0.383 e. The monoisotopic (exact) mass is 334 g/mol. The lowest BCUT2D eigenvalue weighted by Crippen LogP contribution is -2.37. The van der Waals surface area contributed by atoms with Gasteiger partial charge in [0.25, 0.3) is 0 Å². The van der Waals surface area contributed by atoms with Crippen molar-refractivity contribution in [3.05, 3.63) is 15.8 Å². The van der Waals surface area contributed by atoms with Crippen LogP contribution in [0.3, 0.4) is 0 Å². The number of methoxy groups -OCH3 is 1. The molecule has 7 heteroatoms. The number of sulfonamides is 1. The summed E-state index contributed by atoms with van der Waals surface area (Å²) in [5, 5.41) is 4.94. The average molecular weight is 335 g/mol. The van der Waals surface area contributed by atoms with E-state index in [2.05, 4.69) is 5.32 Å². The van der Waals surface area contributed by atoms with Crippen molar-refractivity contribution in [3.63, 3.8) is 0 Å². The third-order valence-corrected chi connectivity index (χ3v) is 6.37. The van der Waals surface area contributed by atoms with Gasteiger partial charge in [0.05, 0.1) is 6.61 Å². The van der Waals surface area contributed by atoms with Crippen LogP contribution in [0.1, 0.15) is 24.3 Å². The van der Waals surface area contributed by atoms with E-state index in [1.54, 1.807) is 7.11 Å². The molecule has 122 valence electrons. The highest BCUT2D eigenvalue weighted by atomic mass is 32.2. The van der Waals surface area contributed by atoms with Crippen molar-refractivity contribution >= 4 is 21.4 Å². The van der Waals surface area contributed by atoms with Crippen molar-refractivity contribution in [3.8, 4) is 0 Å². The molecule has 0 saturated carbocycles. The van der Waals surface area contributed by atoms with Gasteiger partial charge >= 0.3 is 0 Å². The first-order valence-corrected chi connectivity index (χ1v) is 9.37. The molecule has 0 amide bonds. The Morgan fingerprint density at radius 3 is 2.62 bits per heavy atom. The van der Waals surface area contributed by atoms with Crippen molar-refractivity contribution in [1.82, 2.24) is 9.62 Å². The highest BCUT2D eigenvalue weighted by molar-refractivity contribution is 7.89. The summed E-state index contributed by atoms with van der Waals surface area (Å²) in [4.78, 5) is 1.32. The van der Waals surface area contributed by atoms with E-state index < -0.39 is 10.0 Å². The minimum Gasteiger partial charge on any atom is -0.383 e. The molecule has 21 heavy (non-hydrogen) atoms. The molecule has 0 unspecified atom stereocenters. The number of aryl methyl sites for hydroxylation is 1.